The highest BCUT2D eigenvalue weighted by Gasteiger charge is 2.23. The summed E-state index contributed by atoms with van der Waals surface area (Å²) in [4.78, 5) is 0. The van der Waals surface area contributed by atoms with Crippen molar-refractivity contribution in [2.45, 2.75) is 40.0 Å². The molecule has 0 aromatic rings. The first kappa shape index (κ1) is 14.5. The fraction of sp³-hybridized carbons (Fsp3) is 1.00. The molecule has 0 atom stereocenters. The van der Waals surface area contributed by atoms with Gasteiger partial charge < -0.3 is 9.05 Å². The standard InChI is InChI=1S/C9H21O3PS/c1-4-7-8-9-14-13(10,11-5-2)12-6-3/h4-9H2,1-3H3. The van der Waals surface area contributed by atoms with Gasteiger partial charge in [-0.25, -0.2) is 4.57 Å². The van der Waals surface area contributed by atoms with Crippen LogP contribution in [-0.2, 0) is 13.6 Å². The third kappa shape index (κ3) is 6.88. The van der Waals surface area contributed by atoms with E-state index in [1.807, 2.05) is 13.8 Å². The number of hydrogen-bond donors (Lipinski definition) is 0. The maximum Gasteiger partial charge on any atom is 0.389 e. The number of rotatable bonds is 9. The van der Waals surface area contributed by atoms with E-state index in [-0.39, 0.29) is 0 Å². The molecule has 0 unspecified atom stereocenters. The molecule has 0 spiro atoms. The quantitative estimate of drug-likeness (QED) is 0.449. The van der Waals surface area contributed by atoms with Crippen LogP contribution in [0.15, 0.2) is 0 Å². The van der Waals surface area contributed by atoms with Crippen molar-refractivity contribution in [2.24, 2.45) is 0 Å². The van der Waals surface area contributed by atoms with Crippen molar-refractivity contribution in [1.29, 1.82) is 0 Å². The molecule has 0 amide bonds. The Balaban J connectivity index is 3.78. The third-order valence-corrected chi connectivity index (χ3v) is 5.64. The van der Waals surface area contributed by atoms with Crippen LogP contribution in [0.1, 0.15) is 40.0 Å². The van der Waals surface area contributed by atoms with Gasteiger partial charge in [0.2, 0.25) is 0 Å². The van der Waals surface area contributed by atoms with Crippen LogP contribution in [0.5, 0.6) is 0 Å². The summed E-state index contributed by atoms with van der Waals surface area (Å²) in [6.45, 7) is 3.85. The smallest absolute Gasteiger partial charge is 0.301 e. The zero-order chi connectivity index (χ0) is 10.9. The van der Waals surface area contributed by atoms with Crippen LogP contribution in [0.2, 0.25) is 0 Å². The topological polar surface area (TPSA) is 35.5 Å². The van der Waals surface area contributed by atoms with Gasteiger partial charge in [0.15, 0.2) is 0 Å². The molecule has 0 radical (unpaired) electrons. The molecule has 0 saturated carbocycles. The minimum absolute atomic E-state index is 0.443. The molecule has 0 aliphatic rings. The van der Waals surface area contributed by atoms with Gasteiger partial charge in [0.1, 0.15) is 0 Å². The molecule has 3 nitrogen and oxygen atoms in total. The molecule has 0 fully saturated rings. The molecule has 0 aliphatic carbocycles. The predicted octanol–water partition coefficient (Wildman–Crippen LogP) is 4.09. The fourth-order valence-corrected chi connectivity index (χ4v) is 4.51. The summed E-state index contributed by atoms with van der Waals surface area (Å²) in [5.41, 5.74) is 0. The second-order valence-corrected chi connectivity index (χ2v) is 7.02. The summed E-state index contributed by atoms with van der Waals surface area (Å²) in [6.07, 6.45) is 3.42. The van der Waals surface area contributed by atoms with Crippen LogP contribution in [0.25, 0.3) is 0 Å². The van der Waals surface area contributed by atoms with Gasteiger partial charge in [-0.2, -0.15) is 0 Å². The first-order chi connectivity index (χ1) is 6.68. The molecule has 0 N–H and O–H groups in total. The molecule has 86 valence electrons. The van der Waals surface area contributed by atoms with E-state index in [9.17, 15) is 4.57 Å². The molecule has 5 heteroatoms. The monoisotopic (exact) mass is 240 g/mol. The van der Waals surface area contributed by atoms with Gasteiger partial charge in [0.05, 0.1) is 13.2 Å². The van der Waals surface area contributed by atoms with Gasteiger partial charge in [-0.15, -0.1) is 0 Å². The summed E-state index contributed by atoms with van der Waals surface area (Å²) < 4.78 is 22.2. The Hall–Kier alpha value is 0.500. The summed E-state index contributed by atoms with van der Waals surface area (Å²) in [5.74, 6) is 0.852. The van der Waals surface area contributed by atoms with Gasteiger partial charge in [0, 0.05) is 5.75 Å². The summed E-state index contributed by atoms with van der Waals surface area (Å²) in [7, 11) is 0. The molecule has 0 aromatic carbocycles. The van der Waals surface area contributed by atoms with Crippen molar-refractivity contribution in [3.63, 3.8) is 0 Å². The lowest BCUT2D eigenvalue weighted by Gasteiger charge is -2.15. The summed E-state index contributed by atoms with van der Waals surface area (Å²) >= 11 is 1.32. The van der Waals surface area contributed by atoms with E-state index in [1.54, 1.807) is 0 Å². The van der Waals surface area contributed by atoms with Crippen LogP contribution in [0, 0.1) is 0 Å². The maximum absolute atomic E-state index is 11.9. The Morgan fingerprint density at radius 3 is 2.07 bits per heavy atom. The lowest BCUT2D eigenvalue weighted by Crippen LogP contribution is -1.93. The van der Waals surface area contributed by atoms with E-state index in [1.165, 1.54) is 24.2 Å². The van der Waals surface area contributed by atoms with Crippen LogP contribution in [0.4, 0.5) is 0 Å². The van der Waals surface area contributed by atoms with Gasteiger partial charge in [-0.1, -0.05) is 19.8 Å². The molecular formula is C9H21O3PS. The lowest BCUT2D eigenvalue weighted by molar-refractivity contribution is 0.237. The van der Waals surface area contributed by atoms with Crippen molar-refractivity contribution in [1.82, 2.24) is 0 Å². The Labute approximate surface area is 91.2 Å². The molecule has 0 rings (SSSR count). The highest BCUT2D eigenvalue weighted by molar-refractivity contribution is 8.55. The van der Waals surface area contributed by atoms with E-state index < -0.39 is 6.80 Å². The lowest BCUT2D eigenvalue weighted by atomic mass is 10.3. The van der Waals surface area contributed by atoms with Crippen molar-refractivity contribution < 1.29 is 13.6 Å². The maximum atomic E-state index is 11.9. The zero-order valence-corrected chi connectivity index (χ0v) is 11.0. The molecular weight excluding hydrogens is 219 g/mol. The minimum atomic E-state index is -2.84. The van der Waals surface area contributed by atoms with Crippen LogP contribution >= 0.6 is 18.2 Å². The van der Waals surface area contributed by atoms with E-state index in [2.05, 4.69) is 6.92 Å². The molecule has 0 bridgehead atoms. The van der Waals surface area contributed by atoms with Gasteiger partial charge in [0.25, 0.3) is 0 Å². The zero-order valence-electron chi connectivity index (χ0n) is 9.32. The van der Waals surface area contributed by atoms with Crippen molar-refractivity contribution >= 4 is 18.2 Å². The van der Waals surface area contributed by atoms with E-state index in [0.29, 0.717) is 13.2 Å². The minimum Gasteiger partial charge on any atom is -0.301 e. The van der Waals surface area contributed by atoms with Crippen LogP contribution < -0.4 is 0 Å². The Morgan fingerprint density at radius 1 is 1.07 bits per heavy atom. The molecule has 0 aliphatic heterocycles. The Bertz CT molecular complexity index is 165. The van der Waals surface area contributed by atoms with Gasteiger partial charge in [-0.05, 0) is 31.7 Å². The van der Waals surface area contributed by atoms with E-state index >= 15 is 0 Å². The van der Waals surface area contributed by atoms with Crippen molar-refractivity contribution in [2.75, 3.05) is 19.0 Å². The second kappa shape index (κ2) is 8.78. The third-order valence-electron chi connectivity index (χ3n) is 1.57. The highest BCUT2D eigenvalue weighted by atomic mass is 32.7. The van der Waals surface area contributed by atoms with E-state index in [0.717, 1.165) is 12.2 Å². The summed E-state index contributed by atoms with van der Waals surface area (Å²) in [5, 5.41) is 0. The first-order valence-corrected chi connectivity index (χ1v) is 8.35. The molecule has 0 heterocycles. The fourth-order valence-electron chi connectivity index (χ4n) is 0.956. The molecule has 0 aromatic heterocycles. The van der Waals surface area contributed by atoms with Gasteiger partial charge in [-0.3, -0.25) is 0 Å². The average molecular weight is 240 g/mol. The first-order valence-electron chi connectivity index (χ1n) is 5.22. The number of hydrogen-bond acceptors (Lipinski definition) is 4. The summed E-state index contributed by atoms with van der Waals surface area (Å²) in [6, 6.07) is 0. The Morgan fingerprint density at radius 2 is 1.64 bits per heavy atom. The van der Waals surface area contributed by atoms with Gasteiger partial charge >= 0.3 is 6.80 Å². The molecule has 0 saturated heterocycles. The van der Waals surface area contributed by atoms with E-state index in [4.69, 9.17) is 9.05 Å². The SMILES string of the molecule is CCCCCSP(=O)(OCC)OCC. The second-order valence-electron chi connectivity index (χ2n) is 2.82. The number of unbranched alkanes of at least 4 members (excludes halogenated alkanes) is 2. The van der Waals surface area contributed by atoms with Crippen molar-refractivity contribution in [3.05, 3.63) is 0 Å². The van der Waals surface area contributed by atoms with Crippen LogP contribution in [-0.4, -0.2) is 19.0 Å². The predicted molar refractivity (Wildman–Crippen MR) is 62.8 cm³/mol. The normalized spacial score (nSPS) is 11.9. The van der Waals surface area contributed by atoms with Crippen LogP contribution in [0.3, 0.4) is 0 Å². The average Bonchev–Trinajstić information content (AvgIpc) is 2.13. The molecule has 14 heavy (non-hydrogen) atoms. The van der Waals surface area contributed by atoms with Crippen molar-refractivity contribution in [3.8, 4) is 0 Å². The largest absolute Gasteiger partial charge is 0.389 e. The Kier molecular flexibility index (Phi) is 9.09. The highest BCUT2D eigenvalue weighted by Crippen LogP contribution is 2.60.